The summed E-state index contributed by atoms with van der Waals surface area (Å²) in [4.78, 5) is 20.2. The van der Waals surface area contributed by atoms with E-state index in [1.165, 1.54) is 18.3 Å². The van der Waals surface area contributed by atoms with Gasteiger partial charge in [-0.3, -0.25) is 18.4 Å². The van der Waals surface area contributed by atoms with Crippen LogP contribution >= 0.6 is 7.82 Å². The summed E-state index contributed by atoms with van der Waals surface area (Å²) in [5, 5.41) is 3.45. The lowest BCUT2D eigenvalue weighted by molar-refractivity contribution is -0.111. The van der Waals surface area contributed by atoms with Crippen molar-refractivity contribution in [3.05, 3.63) is 79.7 Å². The van der Waals surface area contributed by atoms with E-state index in [-0.39, 0.29) is 5.91 Å². The number of aromatic nitrogens is 3. The highest BCUT2D eigenvalue weighted by atomic mass is 31.2. The number of fused-ring (bicyclic) bond motifs is 1. The average molecular weight is 595 g/mol. The van der Waals surface area contributed by atoms with Gasteiger partial charge in [0.25, 0.3) is 0 Å². The number of phosphoric ester groups is 1. The second-order valence-corrected chi connectivity index (χ2v) is 13.2. The normalized spacial score (nSPS) is 13.2. The van der Waals surface area contributed by atoms with Gasteiger partial charge in [-0.2, -0.15) is 4.39 Å². The monoisotopic (exact) mass is 594 g/mol. The van der Waals surface area contributed by atoms with Crippen molar-refractivity contribution in [3.8, 4) is 22.3 Å². The number of nitrogens with one attached hydrogen (secondary N) is 1. The SMILES string of the molecule is C=CC(=O)Nc1cccc(-c2cnc3c(c2)c(-c2ccnc(F)c2)cn3C(C)OP(=O)(OC(C)(C)C)OC(C)(C)C)c1. The van der Waals surface area contributed by atoms with Crippen molar-refractivity contribution >= 4 is 30.5 Å². The number of nitrogens with zero attached hydrogens (tertiary/aromatic N) is 3. The Morgan fingerprint density at radius 2 is 1.71 bits per heavy atom. The number of hydrogen-bond donors (Lipinski definition) is 1. The van der Waals surface area contributed by atoms with Crippen LogP contribution in [0.5, 0.6) is 0 Å². The number of pyridine rings is 2. The predicted octanol–water partition coefficient (Wildman–Crippen LogP) is 8.30. The number of halogens is 1. The number of amides is 1. The number of anilines is 1. The highest BCUT2D eigenvalue weighted by molar-refractivity contribution is 7.48. The smallest absolute Gasteiger partial charge is 0.323 e. The fraction of sp³-hybridized carbons (Fsp3) is 0.323. The Balaban J connectivity index is 1.82. The quantitative estimate of drug-likeness (QED) is 0.118. The minimum atomic E-state index is -4.07. The van der Waals surface area contributed by atoms with Gasteiger partial charge in [-0.25, -0.2) is 14.5 Å². The van der Waals surface area contributed by atoms with E-state index in [2.05, 4.69) is 16.9 Å². The first-order valence-corrected chi connectivity index (χ1v) is 14.9. The first kappa shape index (κ1) is 31.3. The van der Waals surface area contributed by atoms with Crippen molar-refractivity contribution in [1.82, 2.24) is 14.5 Å². The van der Waals surface area contributed by atoms with Crippen LogP contribution in [-0.4, -0.2) is 31.6 Å². The van der Waals surface area contributed by atoms with Gasteiger partial charge in [0.2, 0.25) is 11.9 Å². The Kier molecular flexibility index (Phi) is 8.85. The van der Waals surface area contributed by atoms with Crippen LogP contribution < -0.4 is 5.32 Å². The third-order valence-electron chi connectivity index (χ3n) is 5.80. The van der Waals surface area contributed by atoms with Crippen LogP contribution in [0.2, 0.25) is 0 Å². The van der Waals surface area contributed by atoms with Gasteiger partial charge in [0.1, 0.15) is 11.9 Å². The fourth-order valence-electron chi connectivity index (χ4n) is 4.31. The summed E-state index contributed by atoms with van der Waals surface area (Å²) in [5.41, 5.74) is 2.28. The van der Waals surface area contributed by atoms with Gasteiger partial charge in [-0.05, 0) is 89.9 Å². The van der Waals surface area contributed by atoms with E-state index in [1.54, 1.807) is 77.6 Å². The number of phosphoric acid groups is 1. The van der Waals surface area contributed by atoms with Crippen LogP contribution in [0.25, 0.3) is 33.3 Å². The molecule has 0 aliphatic carbocycles. The largest absolute Gasteiger partial charge is 0.477 e. The number of benzene rings is 1. The second-order valence-electron chi connectivity index (χ2n) is 11.7. The lowest BCUT2D eigenvalue weighted by Crippen LogP contribution is -2.25. The van der Waals surface area contributed by atoms with Gasteiger partial charge >= 0.3 is 7.82 Å². The number of rotatable bonds is 9. The van der Waals surface area contributed by atoms with Crippen LogP contribution in [0, 0.1) is 5.95 Å². The highest BCUT2D eigenvalue weighted by Crippen LogP contribution is 2.57. The Morgan fingerprint density at radius 3 is 2.33 bits per heavy atom. The Labute approximate surface area is 245 Å². The van der Waals surface area contributed by atoms with E-state index in [4.69, 9.17) is 18.6 Å². The van der Waals surface area contributed by atoms with Gasteiger partial charge in [-0.15, -0.1) is 0 Å². The van der Waals surface area contributed by atoms with Crippen LogP contribution in [0.15, 0.2) is 73.7 Å². The van der Waals surface area contributed by atoms with E-state index in [9.17, 15) is 13.8 Å². The summed E-state index contributed by atoms with van der Waals surface area (Å²) in [5.74, 6) is -0.953. The zero-order chi connectivity index (χ0) is 30.9. The second kappa shape index (κ2) is 11.9. The molecule has 42 heavy (non-hydrogen) atoms. The van der Waals surface area contributed by atoms with E-state index < -0.39 is 31.2 Å². The van der Waals surface area contributed by atoms with Crippen LogP contribution in [0.3, 0.4) is 0 Å². The molecule has 1 N–H and O–H groups in total. The topological polar surface area (TPSA) is 105 Å². The molecule has 1 unspecified atom stereocenters. The summed E-state index contributed by atoms with van der Waals surface area (Å²) in [6, 6.07) is 12.3. The molecule has 4 rings (SSSR count). The van der Waals surface area contributed by atoms with Crippen molar-refractivity contribution < 1.29 is 27.3 Å². The van der Waals surface area contributed by atoms with E-state index >= 15 is 0 Å². The standard InChI is InChI=1S/C31H36FN4O5P/c1-9-28(37)35-24-12-10-11-21(15-24)23-16-25-26(22-13-14-33-27(32)17-22)19-36(29(25)34-18-23)20(2)39-42(38,40-30(3,4)5)41-31(6,7)8/h9-20H,1H2,2-8H3,(H,35,37). The maximum Gasteiger partial charge on any atom is 0.477 e. The number of hydrogen-bond acceptors (Lipinski definition) is 7. The number of carbonyl (C=O) groups is 1. The molecule has 0 bridgehead atoms. The summed E-state index contributed by atoms with van der Waals surface area (Å²) < 4.78 is 47.4. The molecular weight excluding hydrogens is 558 g/mol. The maximum atomic E-state index is 14.2. The summed E-state index contributed by atoms with van der Waals surface area (Å²) >= 11 is 0. The third-order valence-corrected chi connectivity index (χ3v) is 7.91. The minimum Gasteiger partial charge on any atom is -0.323 e. The van der Waals surface area contributed by atoms with Crippen LogP contribution in [0.1, 0.15) is 54.7 Å². The molecule has 0 aliphatic heterocycles. The molecule has 0 aliphatic rings. The third kappa shape index (κ3) is 7.77. The lowest BCUT2D eigenvalue weighted by Gasteiger charge is -2.32. The Morgan fingerprint density at radius 1 is 1.02 bits per heavy atom. The summed E-state index contributed by atoms with van der Waals surface area (Å²) in [7, 11) is -4.07. The Bertz CT molecular complexity index is 1650. The fourth-order valence-corrected chi connectivity index (χ4v) is 6.25. The molecule has 0 saturated carbocycles. The van der Waals surface area contributed by atoms with Gasteiger partial charge in [0.05, 0.1) is 11.2 Å². The van der Waals surface area contributed by atoms with E-state index in [0.717, 1.165) is 11.1 Å². The van der Waals surface area contributed by atoms with Crippen LogP contribution in [0.4, 0.5) is 10.1 Å². The molecule has 0 saturated heterocycles. The predicted molar refractivity (Wildman–Crippen MR) is 162 cm³/mol. The van der Waals surface area contributed by atoms with Crippen molar-refractivity contribution in [2.75, 3.05) is 5.32 Å². The van der Waals surface area contributed by atoms with Crippen molar-refractivity contribution in [3.63, 3.8) is 0 Å². The molecule has 1 atom stereocenters. The van der Waals surface area contributed by atoms with Crippen molar-refractivity contribution in [1.29, 1.82) is 0 Å². The molecule has 4 aromatic rings. The van der Waals surface area contributed by atoms with Gasteiger partial charge < -0.3 is 9.88 Å². The molecular formula is C31H36FN4O5P. The first-order chi connectivity index (χ1) is 19.6. The molecule has 1 amide bonds. The number of carbonyl (C=O) groups excluding carboxylic acids is 1. The summed E-state index contributed by atoms with van der Waals surface area (Å²) in [6.07, 6.45) is 5.19. The zero-order valence-electron chi connectivity index (χ0n) is 24.8. The maximum absolute atomic E-state index is 14.2. The van der Waals surface area contributed by atoms with Crippen LogP contribution in [-0.2, 0) is 22.9 Å². The molecule has 9 nitrogen and oxygen atoms in total. The van der Waals surface area contributed by atoms with E-state index in [0.29, 0.717) is 27.8 Å². The first-order valence-electron chi connectivity index (χ1n) is 13.4. The van der Waals surface area contributed by atoms with Crippen molar-refractivity contribution in [2.24, 2.45) is 0 Å². The molecule has 3 aromatic heterocycles. The minimum absolute atomic E-state index is 0.322. The molecule has 3 heterocycles. The molecule has 11 heteroatoms. The van der Waals surface area contributed by atoms with Gasteiger partial charge in [-0.1, -0.05) is 18.7 Å². The average Bonchev–Trinajstić information content (AvgIpc) is 3.25. The molecule has 1 aromatic carbocycles. The summed E-state index contributed by atoms with van der Waals surface area (Å²) in [6.45, 7) is 15.8. The molecule has 0 radical (unpaired) electrons. The molecule has 0 fully saturated rings. The zero-order valence-corrected chi connectivity index (χ0v) is 25.7. The van der Waals surface area contributed by atoms with Gasteiger partial charge in [0, 0.05) is 46.9 Å². The highest BCUT2D eigenvalue weighted by Gasteiger charge is 2.39. The van der Waals surface area contributed by atoms with E-state index in [1.807, 2.05) is 24.3 Å². The van der Waals surface area contributed by atoms with Crippen molar-refractivity contribution in [2.45, 2.75) is 65.9 Å². The Hall–Kier alpha value is -3.69. The lowest BCUT2D eigenvalue weighted by atomic mass is 10.0. The molecule has 222 valence electrons. The van der Waals surface area contributed by atoms with Gasteiger partial charge in [0.15, 0.2) is 0 Å². The molecule has 0 spiro atoms.